The van der Waals surface area contributed by atoms with Crippen LogP contribution < -0.4 is 32.1 Å². The van der Waals surface area contributed by atoms with Crippen LogP contribution in [-0.4, -0.2) is 177 Å². The molecule has 3 aliphatic heterocycles. The molecule has 12 N–H and O–H groups in total. The molecule has 3 unspecified atom stereocenters. The topological polar surface area (TPSA) is 558 Å². The number of carbonyl (C=O) groups is 3. The van der Waals surface area contributed by atoms with Crippen LogP contribution in [0.4, 0.5) is 11.4 Å². The van der Waals surface area contributed by atoms with E-state index in [1.807, 2.05) is 25.7 Å². The number of hydrogen-bond donors (Lipinski definition) is 12. The molecule has 1 fully saturated rings. The zero-order chi connectivity index (χ0) is 77.3. The predicted octanol–water partition coefficient (Wildman–Crippen LogP) is 4.91. The van der Waals surface area contributed by atoms with Crippen LogP contribution in [0.25, 0.3) is 6.08 Å². The number of rotatable bonds is 43. The Hall–Kier alpha value is -6.07. The molecular weight excluding hydrogens is 1520 g/mol. The van der Waals surface area contributed by atoms with Crippen LogP contribution in [0.1, 0.15) is 153 Å². The maximum atomic E-state index is 12.9. The number of hydrogen-bond acceptors (Lipinski definition) is 23. The van der Waals surface area contributed by atoms with Crippen molar-refractivity contribution in [2.45, 2.75) is 169 Å². The van der Waals surface area contributed by atoms with Gasteiger partial charge in [-0.1, -0.05) is 56.1 Å². The van der Waals surface area contributed by atoms with Crippen LogP contribution in [0, 0.1) is 0 Å². The first-order chi connectivity index (χ1) is 48.3. The highest BCUT2D eigenvalue weighted by Gasteiger charge is 2.47. The molecule has 0 radical (unpaired) electrons. The fraction of sp³-hybridized carbons (Fsp3) is 0.541. The van der Waals surface area contributed by atoms with Gasteiger partial charge in [-0.3, -0.25) is 46.9 Å². The molecule has 0 spiro atoms. The van der Waals surface area contributed by atoms with Crippen LogP contribution >= 0.6 is 23.5 Å². The van der Waals surface area contributed by atoms with Gasteiger partial charge in [-0.2, -0.15) is 38.5 Å². The zero-order valence-corrected chi connectivity index (χ0v) is 62.9. The Morgan fingerprint density at radius 2 is 1.30 bits per heavy atom. The lowest BCUT2D eigenvalue weighted by molar-refractivity contribution is -0.437. The number of aliphatic hydroxyl groups is 1. The van der Waals surface area contributed by atoms with Crippen molar-refractivity contribution in [2.24, 2.45) is 0 Å². The molecule has 6 rings (SSSR count). The molecular formula is C61H88N7O29P3S4. The number of phosphoric acid groups is 3. The Bertz CT molecular complexity index is 4540. The molecule has 3 aliphatic rings. The number of aromatic nitrogens is 2. The highest BCUT2D eigenvalue weighted by atomic mass is 32.2. The molecule has 43 heteroatoms. The first-order valence-corrected chi connectivity index (χ1v) is 43.4. The molecule has 0 aliphatic carbocycles. The first-order valence-electron chi connectivity index (χ1n) is 32.8. The number of amides is 3. The van der Waals surface area contributed by atoms with Gasteiger partial charge in [0.25, 0.3) is 35.9 Å². The minimum absolute atomic E-state index is 0.00344. The molecule has 580 valence electrons. The third kappa shape index (κ3) is 27.0. The lowest BCUT2D eigenvalue weighted by atomic mass is 9.77. The summed E-state index contributed by atoms with van der Waals surface area (Å²) in [5, 5.41) is 18.9. The zero-order valence-electron chi connectivity index (χ0n) is 57.0. The fourth-order valence-corrected chi connectivity index (χ4v) is 17.2. The summed E-state index contributed by atoms with van der Waals surface area (Å²) in [4.78, 5) is 103. The number of phosphoric ester groups is 1. The summed E-state index contributed by atoms with van der Waals surface area (Å²) < 4.78 is 191. The van der Waals surface area contributed by atoms with Crippen molar-refractivity contribution in [2.75, 3.05) is 55.7 Å². The summed E-state index contributed by atoms with van der Waals surface area (Å²) in [6, 6.07) is 8.27. The van der Waals surface area contributed by atoms with Gasteiger partial charge in [0.1, 0.15) is 18.9 Å². The molecule has 4 heterocycles. The van der Waals surface area contributed by atoms with Gasteiger partial charge in [-0.25, -0.2) is 26.9 Å². The number of unbranched alkanes of at least 4 members (excludes halogenated alkanes) is 7. The molecule has 1 aromatic heterocycles. The monoisotopic (exact) mass is 1600 g/mol. The number of fused-ring (bicyclic) bond motifs is 2. The number of benzene rings is 2. The Morgan fingerprint density at radius 3 is 1.88 bits per heavy atom. The number of carbonyl (C=O) groups excluding carboxylic acids is 3. The second-order valence-electron chi connectivity index (χ2n) is 25.5. The van der Waals surface area contributed by atoms with Crippen molar-refractivity contribution in [3.63, 3.8) is 0 Å². The van der Waals surface area contributed by atoms with Crippen LogP contribution in [-0.2, 0) is 97.3 Å². The van der Waals surface area contributed by atoms with E-state index < -0.39 is 123 Å². The van der Waals surface area contributed by atoms with Crippen molar-refractivity contribution in [3.05, 3.63) is 122 Å². The van der Waals surface area contributed by atoms with E-state index in [0.717, 1.165) is 10.8 Å². The second-order valence-corrected chi connectivity index (χ2v) is 35.9. The van der Waals surface area contributed by atoms with Crippen molar-refractivity contribution in [1.29, 1.82) is 0 Å². The number of anilines is 1. The third-order valence-electron chi connectivity index (χ3n) is 17.1. The summed E-state index contributed by atoms with van der Waals surface area (Å²) in [7, 11) is -35.2. The van der Waals surface area contributed by atoms with E-state index in [9.17, 15) is 104 Å². The standard InChI is InChI=1S/C61H88N7O29P3S4/c1-60(2)46-38-44(103(88,89)90)26-28-48(46)66(35-19-37-102(85,86)87)52(60)21-8-4-9-22-53-61(3,30-13-17-36-101(82,83)84)47-39-45(104(91,92)93)27-29-49(47)67(53)34-16-7-12-25-55(71)63-32-14-5-10-23-54(70)62-31-15-6-11-24-56(72)64-33-18-20-43-41-68(59(74)65-58(43)73)57-40-50(69)51(95-57)42-94-99(78,79)97-100(80,81)96-98(75,76)77/h4,8-9,18,20-22,26-29,38-39,41,50-51,57,69H,5-7,10-17,19,23-25,30-37,40,42H2,1-3H3,(H11-,62,63,64,65,70,71,72,73,74,75,76,77,78,79,80,81,82,83,84,85,86,87,88,89,90,91,92,93)/b20-18+/t50-,51+,57+,61?/m0/s1. The molecule has 6 atom stereocenters. The summed E-state index contributed by atoms with van der Waals surface area (Å²) >= 11 is 0. The molecule has 1 saturated heterocycles. The van der Waals surface area contributed by atoms with Crippen LogP contribution in [0.2, 0.25) is 0 Å². The van der Waals surface area contributed by atoms with Gasteiger partial charge in [-0.05, 0) is 114 Å². The highest BCUT2D eigenvalue weighted by Crippen LogP contribution is 2.66. The molecule has 0 saturated carbocycles. The lowest BCUT2D eigenvalue weighted by Gasteiger charge is -2.30. The molecule has 0 bridgehead atoms. The number of ether oxygens (including phenoxy) is 1. The molecule has 104 heavy (non-hydrogen) atoms. The summed E-state index contributed by atoms with van der Waals surface area (Å²) in [6.45, 7) is 5.74. The third-order valence-corrected chi connectivity index (χ3v) is 24.2. The van der Waals surface area contributed by atoms with Gasteiger partial charge in [0.05, 0.1) is 49.4 Å². The Labute approximate surface area is 601 Å². The van der Waals surface area contributed by atoms with Crippen LogP contribution in [0.5, 0.6) is 0 Å². The molecule has 36 nitrogen and oxygen atoms in total. The van der Waals surface area contributed by atoms with Gasteiger partial charge in [0.2, 0.25) is 23.4 Å². The molecule has 2 aromatic carbocycles. The van der Waals surface area contributed by atoms with Gasteiger partial charge < -0.3 is 54.8 Å². The molecule has 3 amide bonds. The smallest absolute Gasteiger partial charge is 0.490 e. The summed E-state index contributed by atoms with van der Waals surface area (Å²) in [5.41, 5.74) is -0.229. The Kier molecular flexibility index (Phi) is 31.0. The van der Waals surface area contributed by atoms with E-state index in [1.165, 1.54) is 42.5 Å². The predicted molar refractivity (Wildman–Crippen MR) is 375 cm³/mol. The largest absolute Gasteiger partial charge is 0.748 e. The fourth-order valence-electron chi connectivity index (χ4n) is 12.1. The van der Waals surface area contributed by atoms with E-state index in [1.54, 1.807) is 41.0 Å². The number of aromatic amines is 1. The Balaban J connectivity index is 0.913. The number of allylic oxidation sites excluding steroid dienone is 6. The van der Waals surface area contributed by atoms with E-state index in [2.05, 4.69) is 34.1 Å². The average Bonchev–Trinajstić information content (AvgIpc) is 1.59. The van der Waals surface area contributed by atoms with E-state index in [4.69, 9.17) is 14.5 Å². The van der Waals surface area contributed by atoms with Gasteiger partial charge >= 0.3 is 29.2 Å². The average molecular weight is 1600 g/mol. The van der Waals surface area contributed by atoms with Crippen molar-refractivity contribution in [1.82, 2.24) is 25.5 Å². The SMILES string of the molecule is CC1(C)C(C=CC=CC=C2N(CCCCCC(=O)NCCCCCC(=O)NCCCCCC(=O)NC/C=C/c3cn([C@H]4C[C@H](O)[C@@H](COP(=O)(O)OP(=O)(O)OP(=O)(O)O)O4)c(=O)[nH]c3=O)c3ccc(S(=O)(=O)O)cc3C2(C)CCCCS(=O)(=O)[O-])=[N+](CCCS(=O)(=O)O)c2ccc(S(=O)(=O)O)cc21. The van der Waals surface area contributed by atoms with Crippen molar-refractivity contribution >= 4 is 105 Å². The van der Waals surface area contributed by atoms with Gasteiger partial charge in [0, 0.05) is 105 Å². The van der Waals surface area contributed by atoms with E-state index in [-0.39, 0.29) is 97.5 Å². The number of nitrogens with one attached hydrogen (secondary N) is 4. The summed E-state index contributed by atoms with van der Waals surface area (Å²) in [6.07, 6.45) is 14.4. The van der Waals surface area contributed by atoms with Crippen molar-refractivity contribution in [3.8, 4) is 0 Å². The second kappa shape index (κ2) is 37.2. The molecule has 3 aromatic rings. The summed E-state index contributed by atoms with van der Waals surface area (Å²) in [5.74, 6) is -1.79. The number of H-pyrrole nitrogens is 1. The maximum absolute atomic E-state index is 12.9. The maximum Gasteiger partial charge on any atom is 0.490 e. The van der Waals surface area contributed by atoms with E-state index >= 15 is 0 Å². The van der Waals surface area contributed by atoms with Gasteiger partial charge in [0.15, 0.2) is 5.71 Å². The number of nitrogens with zero attached hydrogens (tertiary/aromatic N) is 3. The van der Waals surface area contributed by atoms with Crippen LogP contribution in [0.15, 0.2) is 104 Å². The lowest BCUT2D eigenvalue weighted by Crippen LogP contribution is -2.33. The minimum Gasteiger partial charge on any atom is -0.748 e. The van der Waals surface area contributed by atoms with E-state index in [0.29, 0.717) is 111 Å². The van der Waals surface area contributed by atoms with Crippen LogP contribution in [0.3, 0.4) is 0 Å². The highest BCUT2D eigenvalue weighted by molar-refractivity contribution is 7.86. The number of aliphatic hydroxyl groups excluding tert-OH is 1. The quantitative estimate of drug-likeness (QED) is 0.0118. The first kappa shape index (κ1) is 86.8. The minimum atomic E-state index is -5.81. The normalized spacial score (nSPS) is 20.2. The van der Waals surface area contributed by atoms with Crippen molar-refractivity contribution < 1.29 is 127 Å². The van der Waals surface area contributed by atoms with Gasteiger partial charge in [-0.15, -0.1) is 0 Å². The Morgan fingerprint density at radius 1 is 0.712 bits per heavy atom.